The number of aromatic nitrogens is 2. The van der Waals surface area contributed by atoms with Crippen molar-refractivity contribution in [1.82, 2.24) is 9.78 Å². The van der Waals surface area contributed by atoms with Gasteiger partial charge < -0.3 is 5.73 Å². The second-order valence-electron chi connectivity index (χ2n) is 5.39. The van der Waals surface area contributed by atoms with Crippen molar-refractivity contribution >= 4 is 10.9 Å². The van der Waals surface area contributed by atoms with E-state index >= 15 is 0 Å². The molecule has 0 spiro atoms. The van der Waals surface area contributed by atoms with Gasteiger partial charge in [0.05, 0.1) is 11.2 Å². The third kappa shape index (κ3) is 1.42. The number of rotatable bonds is 2. The fraction of sp³-hybridized carbons (Fsp3) is 0.500. The van der Waals surface area contributed by atoms with Crippen LogP contribution in [0.5, 0.6) is 0 Å². The number of hydrogen-bond donors (Lipinski definition) is 1. The lowest BCUT2D eigenvalue weighted by molar-refractivity contribution is 0.557. The van der Waals surface area contributed by atoms with Crippen LogP contribution in [0.3, 0.4) is 0 Å². The maximum atomic E-state index is 6.13. The molecule has 0 saturated heterocycles. The molecule has 2 aromatic rings. The first-order chi connectivity index (χ1) is 8.04. The van der Waals surface area contributed by atoms with Crippen molar-refractivity contribution in [3.05, 3.63) is 29.5 Å². The summed E-state index contributed by atoms with van der Waals surface area (Å²) in [4.78, 5) is 0. The number of benzene rings is 1. The lowest BCUT2D eigenvalue weighted by Crippen LogP contribution is -2.31. The van der Waals surface area contributed by atoms with Crippen molar-refractivity contribution in [2.75, 3.05) is 0 Å². The van der Waals surface area contributed by atoms with Gasteiger partial charge in [-0.05, 0) is 38.3 Å². The van der Waals surface area contributed by atoms with Crippen LogP contribution in [0.25, 0.3) is 10.9 Å². The second-order valence-corrected chi connectivity index (χ2v) is 5.39. The van der Waals surface area contributed by atoms with Crippen LogP contribution in [-0.2, 0) is 12.5 Å². The molecular weight excluding hydrogens is 210 g/mol. The molecule has 0 aliphatic heterocycles. The first kappa shape index (κ1) is 10.8. The maximum absolute atomic E-state index is 6.13. The lowest BCUT2D eigenvalue weighted by atomic mass is 9.89. The molecule has 1 unspecified atom stereocenters. The molecule has 3 rings (SSSR count). The Balaban J connectivity index is 2.17. The number of nitrogens with two attached hydrogens (primary N) is 1. The van der Waals surface area contributed by atoms with E-state index in [2.05, 4.69) is 37.1 Å². The Morgan fingerprint density at radius 3 is 2.71 bits per heavy atom. The van der Waals surface area contributed by atoms with E-state index in [1.807, 2.05) is 11.7 Å². The number of hydrogen-bond acceptors (Lipinski definition) is 2. The molecular formula is C14H19N3. The quantitative estimate of drug-likeness (QED) is 0.858. The summed E-state index contributed by atoms with van der Waals surface area (Å²) in [7, 11) is 2.00. The van der Waals surface area contributed by atoms with Crippen LogP contribution < -0.4 is 5.73 Å². The van der Waals surface area contributed by atoms with Crippen LogP contribution in [0, 0.1) is 6.92 Å². The molecule has 0 amide bonds. The zero-order chi connectivity index (χ0) is 12.2. The Kier molecular flexibility index (Phi) is 2.11. The summed E-state index contributed by atoms with van der Waals surface area (Å²) in [6.45, 7) is 4.17. The van der Waals surface area contributed by atoms with E-state index in [4.69, 9.17) is 5.73 Å². The van der Waals surface area contributed by atoms with Crippen LogP contribution in [0.15, 0.2) is 18.2 Å². The van der Waals surface area contributed by atoms with E-state index in [9.17, 15) is 0 Å². The Morgan fingerprint density at radius 2 is 2.12 bits per heavy atom. The molecule has 1 aromatic carbocycles. The molecule has 17 heavy (non-hydrogen) atoms. The zero-order valence-electron chi connectivity index (χ0n) is 10.7. The highest BCUT2D eigenvalue weighted by atomic mass is 15.3. The van der Waals surface area contributed by atoms with Gasteiger partial charge >= 0.3 is 0 Å². The highest BCUT2D eigenvalue weighted by Gasteiger charge is 2.47. The molecule has 1 heterocycles. The van der Waals surface area contributed by atoms with Crippen molar-refractivity contribution < 1.29 is 0 Å². The van der Waals surface area contributed by atoms with Gasteiger partial charge in [-0.25, -0.2) is 0 Å². The van der Waals surface area contributed by atoms with Gasteiger partial charge in [0, 0.05) is 23.9 Å². The predicted molar refractivity (Wildman–Crippen MR) is 70.0 cm³/mol. The zero-order valence-corrected chi connectivity index (χ0v) is 10.7. The van der Waals surface area contributed by atoms with Crippen LogP contribution in [-0.4, -0.2) is 15.8 Å². The van der Waals surface area contributed by atoms with Crippen molar-refractivity contribution in [3.63, 3.8) is 0 Å². The molecule has 1 fully saturated rings. The van der Waals surface area contributed by atoms with Crippen LogP contribution in [0.4, 0.5) is 0 Å². The summed E-state index contributed by atoms with van der Waals surface area (Å²) in [5.74, 6) is 0. The van der Waals surface area contributed by atoms with E-state index in [0.29, 0.717) is 0 Å². The van der Waals surface area contributed by atoms with Crippen molar-refractivity contribution in [2.45, 2.75) is 38.1 Å². The van der Waals surface area contributed by atoms with Crippen molar-refractivity contribution in [1.29, 1.82) is 0 Å². The van der Waals surface area contributed by atoms with Crippen LogP contribution in [0.1, 0.15) is 31.0 Å². The molecule has 0 radical (unpaired) electrons. The van der Waals surface area contributed by atoms with Gasteiger partial charge in [0.15, 0.2) is 0 Å². The van der Waals surface area contributed by atoms with E-state index in [1.54, 1.807) is 0 Å². The van der Waals surface area contributed by atoms with Gasteiger partial charge in [-0.15, -0.1) is 0 Å². The maximum Gasteiger partial charge on any atom is 0.0684 e. The predicted octanol–water partition coefficient (Wildman–Crippen LogP) is 2.26. The van der Waals surface area contributed by atoms with Gasteiger partial charge in [0.1, 0.15) is 0 Å². The average molecular weight is 229 g/mol. The van der Waals surface area contributed by atoms with Gasteiger partial charge in [-0.2, -0.15) is 5.10 Å². The summed E-state index contributed by atoms with van der Waals surface area (Å²) in [6.07, 6.45) is 2.43. The Morgan fingerprint density at radius 1 is 1.41 bits per heavy atom. The fourth-order valence-electron chi connectivity index (χ4n) is 2.89. The van der Waals surface area contributed by atoms with E-state index in [1.165, 1.54) is 29.3 Å². The molecule has 1 atom stereocenters. The van der Waals surface area contributed by atoms with E-state index in [0.717, 1.165) is 5.69 Å². The number of aryl methyl sites for hydroxylation is 2. The minimum absolute atomic E-state index is 0.229. The van der Waals surface area contributed by atoms with E-state index < -0.39 is 0 Å². The highest BCUT2D eigenvalue weighted by Crippen LogP contribution is 2.50. The van der Waals surface area contributed by atoms with Crippen molar-refractivity contribution in [3.8, 4) is 0 Å². The normalized spacial score (nSPS) is 19.5. The van der Waals surface area contributed by atoms with Crippen LogP contribution in [0.2, 0.25) is 0 Å². The van der Waals surface area contributed by atoms with Gasteiger partial charge in [0.2, 0.25) is 0 Å². The first-order valence-electron chi connectivity index (χ1n) is 6.24. The van der Waals surface area contributed by atoms with Gasteiger partial charge in [-0.1, -0.05) is 12.1 Å². The molecule has 3 heteroatoms. The monoisotopic (exact) mass is 229 g/mol. The van der Waals surface area contributed by atoms with Crippen LogP contribution >= 0.6 is 0 Å². The van der Waals surface area contributed by atoms with E-state index in [-0.39, 0.29) is 11.5 Å². The molecule has 2 N–H and O–H groups in total. The summed E-state index contributed by atoms with van der Waals surface area (Å²) >= 11 is 0. The summed E-state index contributed by atoms with van der Waals surface area (Å²) in [5, 5.41) is 5.71. The SMILES string of the molecule is Cc1nn(C)c2cc(C3(C(C)N)CC3)ccc12. The highest BCUT2D eigenvalue weighted by molar-refractivity contribution is 5.82. The molecule has 1 aliphatic rings. The Labute approximate surface area is 102 Å². The smallest absolute Gasteiger partial charge is 0.0684 e. The third-order valence-electron chi connectivity index (χ3n) is 4.27. The summed E-state index contributed by atoms with van der Waals surface area (Å²) in [5.41, 5.74) is 10.0. The molecule has 90 valence electrons. The Bertz CT molecular complexity index is 576. The molecule has 1 saturated carbocycles. The van der Waals surface area contributed by atoms with Gasteiger partial charge in [0.25, 0.3) is 0 Å². The molecule has 1 aliphatic carbocycles. The summed E-state index contributed by atoms with van der Waals surface area (Å²) in [6, 6.07) is 6.92. The number of fused-ring (bicyclic) bond motifs is 1. The second kappa shape index (κ2) is 3.33. The van der Waals surface area contributed by atoms with Gasteiger partial charge in [-0.3, -0.25) is 4.68 Å². The summed E-state index contributed by atoms with van der Waals surface area (Å²) < 4.78 is 1.96. The topological polar surface area (TPSA) is 43.8 Å². The average Bonchev–Trinajstić information content (AvgIpc) is 3.04. The lowest BCUT2D eigenvalue weighted by Gasteiger charge is -2.20. The molecule has 3 nitrogen and oxygen atoms in total. The Hall–Kier alpha value is -1.35. The first-order valence-corrected chi connectivity index (χ1v) is 6.24. The molecule has 1 aromatic heterocycles. The minimum Gasteiger partial charge on any atom is -0.327 e. The number of nitrogens with zero attached hydrogens (tertiary/aromatic N) is 2. The third-order valence-corrected chi connectivity index (χ3v) is 4.27. The largest absolute Gasteiger partial charge is 0.327 e. The fourth-order valence-corrected chi connectivity index (χ4v) is 2.89. The molecule has 0 bridgehead atoms. The minimum atomic E-state index is 0.229. The van der Waals surface area contributed by atoms with Crippen molar-refractivity contribution in [2.24, 2.45) is 12.8 Å². The standard InChI is InChI=1S/C14H19N3/c1-9-12-5-4-11(8-13(12)17(3)16-9)14(6-7-14)10(2)15/h4-5,8,10H,6-7,15H2,1-3H3.